The van der Waals surface area contributed by atoms with Crippen LogP contribution in [0.2, 0.25) is 0 Å². The van der Waals surface area contributed by atoms with Crippen LogP contribution in [0.4, 0.5) is 0 Å². The van der Waals surface area contributed by atoms with E-state index >= 15 is 0 Å². The Bertz CT molecular complexity index is 188. The average Bonchev–Trinajstić information content (AvgIpc) is 3.03. The largest absolute Gasteiger partial charge is 0.375 e. The molecule has 0 radical (unpaired) electrons. The molecule has 3 nitrogen and oxygen atoms in total. The molecule has 2 aliphatic rings. The van der Waals surface area contributed by atoms with Gasteiger partial charge >= 0.3 is 0 Å². The molecule has 0 bridgehead atoms. The summed E-state index contributed by atoms with van der Waals surface area (Å²) in [5.74, 6) is 0. The number of likely N-dealkylation sites (tertiary alicyclic amines) is 1. The van der Waals surface area contributed by atoms with Gasteiger partial charge < -0.3 is 15.4 Å². The number of ether oxygens (including phenoxy) is 1. The smallest absolute Gasteiger partial charge is 0.0718 e. The van der Waals surface area contributed by atoms with E-state index in [2.05, 4.69) is 11.8 Å². The molecule has 2 fully saturated rings. The van der Waals surface area contributed by atoms with Crippen molar-refractivity contribution < 1.29 is 4.74 Å². The molecule has 0 spiro atoms. The highest BCUT2D eigenvalue weighted by Gasteiger charge is 2.38. The zero-order valence-corrected chi connectivity index (χ0v) is 9.87. The zero-order chi connectivity index (χ0) is 10.7. The molecule has 88 valence electrons. The molecule has 0 aromatic carbocycles. The second-order valence-electron chi connectivity index (χ2n) is 4.92. The summed E-state index contributed by atoms with van der Waals surface area (Å²) in [5.41, 5.74) is 5.79. The molecule has 0 unspecified atom stereocenters. The molecule has 0 atom stereocenters. The lowest BCUT2D eigenvalue weighted by Gasteiger charge is -2.41. The molecule has 2 N–H and O–H groups in total. The maximum atomic E-state index is 5.95. The fraction of sp³-hybridized carbons (Fsp3) is 1.00. The molecule has 3 heteroatoms. The molecule has 0 aromatic rings. The van der Waals surface area contributed by atoms with Crippen LogP contribution in [0.25, 0.3) is 0 Å². The standard InChI is InChI=1S/C12H24N2O/c1-2-15-12(5-8-13)6-9-14(10-7-12)11-3-4-11/h11H,2-10,13H2,1H3. The predicted molar refractivity (Wildman–Crippen MR) is 61.9 cm³/mol. The molecule has 1 heterocycles. The Morgan fingerprint density at radius 1 is 1.33 bits per heavy atom. The molecule has 1 aliphatic carbocycles. The Morgan fingerprint density at radius 3 is 2.47 bits per heavy atom. The maximum absolute atomic E-state index is 5.95. The van der Waals surface area contributed by atoms with E-state index in [1.807, 2.05) is 0 Å². The van der Waals surface area contributed by atoms with Crippen molar-refractivity contribution >= 4 is 0 Å². The van der Waals surface area contributed by atoms with Gasteiger partial charge in [0, 0.05) is 25.7 Å². The van der Waals surface area contributed by atoms with Crippen LogP contribution < -0.4 is 5.73 Å². The molecule has 0 aromatic heterocycles. The van der Waals surface area contributed by atoms with Gasteiger partial charge in [0.2, 0.25) is 0 Å². The SMILES string of the molecule is CCOC1(CCN)CCN(C2CC2)CC1. The Kier molecular flexibility index (Phi) is 3.65. The third-order valence-electron chi connectivity index (χ3n) is 3.82. The number of nitrogens with zero attached hydrogens (tertiary/aromatic N) is 1. The monoisotopic (exact) mass is 212 g/mol. The van der Waals surface area contributed by atoms with Crippen LogP contribution in [0.5, 0.6) is 0 Å². The van der Waals surface area contributed by atoms with Gasteiger partial charge in [0.05, 0.1) is 5.60 Å². The van der Waals surface area contributed by atoms with Crippen LogP contribution >= 0.6 is 0 Å². The van der Waals surface area contributed by atoms with E-state index in [4.69, 9.17) is 10.5 Å². The first-order valence-electron chi connectivity index (χ1n) is 6.38. The molecular weight excluding hydrogens is 188 g/mol. The van der Waals surface area contributed by atoms with Gasteiger partial charge in [-0.1, -0.05) is 0 Å². The lowest BCUT2D eigenvalue weighted by molar-refractivity contribution is -0.0837. The lowest BCUT2D eigenvalue weighted by atomic mass is 9.87. The highest BCUT2D eigenvalue weighted by atomic mass is 16.5. The Hall–Kier alpha value is -0.120. The summed E-state index contributed by atoms with van der Waals surface area (Å²) in [6.45, 7) is 6.09. The van der Waals surface area contributed by atoms with Gasteiger partial charge in [0.1, 0.15) is 0 Å². The van der Waals surface area contributed by atoms with Crippen LogP contribution in [-0.2, 0) is 4.74 Å². The summed E-state index contributed by atoms with van der Waals surface area (Å²) < 4.78 is 5.95. The van der Waals surface area contributed by atoms with Crippen molar-refractivity contribution in [3.05, 3.63) is 0 Å². The van der Waals surface area contributed by atoms with Crippen molar-refractivity contribution in [3.8, 4) is 0 Å². The average molecular weight is 212 g/mol. The van der Waals surface area contributed by atoms with Crippen molar-refractivity contribution in [1.82, 2.24) is 4.90 Å². The summed E-state index contributed by atoms with van der Waals surface area (Å²) in [5, 5.41) is 0. The highest BCUT2D eigenvalue weighted by Crippen LogP contribution is 2.35. The zero-order valence-electron chi connectivity index (χ0n) is 9.87. The van der Waals surface area contributed by atoms with Crippen molar-refractivity contribution in [3.63, 3.8) is 0 Å². The van der Waals surface area contributed by atoms with E-state index in [9.17, 15) is 0 Å². The summed E-state index contributed by atoms with van der Waals surface area (Å²) in [4.78, 5) is 2.63. The Balaban J connectivity index is 1.85. The fourth-order valence-corrected chi connectivity index (χ4v) is 2.77. The minimum atomic E-state index is 0.106. The van der Waals surface area contributed by atoms with Crippen molar-refractivity contribution in [2.75, 3.05) is 26.2 Å². The molecule has 1 aliphatic heterocycles. The first-order valence-corrected chi connectivity index (χ1v) is 6.38. The first kappa shape index (κ1) is 11.4. The third-order valence-corrected chi connectivity index (χ3v) is 3.82. The molecular formula is C12H24N2O. The topological polar surface area (TPSA) is 38.5 Å². The number of hydrogen-bond donors (Lipinski definition) is 1. The Labute approximate surface area is 93.0 Å². The summed E-state index contributed by atoms with van der Waals surface area (Å²) in [7, 11) is 0. The van der Waals surface area contributed by atoms with Gasteiger partial charge in [0.15, 0.2) is 0 Å². The van der Waals surface area contributed by atoms with Gasteiger partial charge in [0.25, 0.3) is 0 Å². The van der Waals surface area contributed by atoms with E-state index in [1.54, 1.807) is 0 Å². The van der Waals surface area contributed by atoms with Crippen LogP contribution in [0, 0.1) is 0 Å². The van der Waals surface area contributed by atoms with Gasteiger partial charge in [-0.25, -0.2) is 0 Å². The number of nitrogens with two attached hydrogens (primary N) is 1. The van der Waals surface area contributed by atoms with Crippen LogP contribution in [0.1, 0.15) is 39.0 Å². The Morgan fingerprint density at radius 2 is 2.00 bits per heavy atom. The van der Waals surface area contributed by atoms with Gasteiger partial charge in [-0.05, 0) is 45.6 Å². The van der Waals surface area contributed by atoms with E-state index in [0.29, 0.717) is 0 Å². The van der Waals surface area contributed by atoms with E-state index in [1.165, 1.54) is 38.8 Å². The molecule has 1 saturated carbocycles. The highest BCUT2D eigenvalue weighted by molar-refractivity contribution is 4.93. The number of rotatable bonds is 5. The predicted octanol–water partition coefficient (Wildman–Crippen LogP) is 1.37. The number of piperidine rings is 1. The van der Waals surface area contributed by atoms with Crippen LogP contribution in [0.3, 0.4) is 0 Å². The molecule has 15 heavy (non-hydrogen) atoms. The minimum absolute atomic E-state index is 0.106. The number of hydrogen-bond acceptors (Lipinski definition) is 3. The van der Waals surface area contributed by atoms with E-state index in [-0.39, 0.29) is 5.60 Å². The van der Waals surface area contributed by atoms with Gasteiger partial charge in [-0.15, -0.1) is 0 Å². The second-order valence-corrected chi connectivity index (χ2v) is 4.92. The van der Waals surface area contributed by atoms with E-state index in [0.717, 1.165) is 25.6 Å². The summed E-state index contributed by atoms with van der Waals surface area (Å²) in [6, 6.07) is 0.905. The quantitative estimate of drug-likeness (QED) is 0.748. The summed E-state index contributed by atoms with van der Waals surface area (Å²) >= 11 is 0. The lowest BCUT2D eigenvalue weighted by Crippen LogP contribution is -2.47. The molecule has 2 rings (SSSR count). The van der Waals surface area contributed by atoms with Gasteiger partial charge in [-0.2, -0.15) is 0 Å². The van der Waals surface area contributed by atoms with Crippen molar-refractivity contribution in [1.29, 1.82) is 0 Å². The van der Waals surface area contributed by atoms with Crippen LogP contribution in [-0.4, -0.2) is 42.8 Å². The van der Waals surface area contributed by atoms with Crippen molar-refractivity contribution in [2.24, 2.45) is 5.73 Å². The van der Waals surface area contributed by atoms with E-state index < -0.39 is 0 Å². The van der Waals surface area contributed by atoms with Crippen molar-refractivity contribution in [2.45, 2.75) is 50.7 Å². The minimum Gasteiger partial charge on any atom is -0.375 e. The first-order chi connectivity index (χ1) is 7.29. The molecule has 0 amide bonds. The van der Waals surface area contributed by atoms with Gasteiger partial charge in [-0.3, -0.25) is 0 Å². The maximum Gasteiger partial charge on any atom is 0.0718 e. The molecule has 1 saturated heterocycles. The third kappa shape index (κ3) is 2.71. The normalized spacial score (nSPS) is 26.8. The van der Waals surface area contributed by atoms with Crippen LogP contribution in [0.15, 0.2) is 0 Å². The summed E-state index contributed by atoms with van der Waals surface area (Å²) in [6.07, 6.45) is 6.21. The second kappa shape index (κ2) is 4.81. The fourth-order valence-electron chi connectivity index (χ4n) is 2.77.